The van der Waals surface area contributed by atoms with E-state index >= 15 is 0 Å². The minimum atomic E-state index is -0.548. The van der Waals surface area contributed by atoms with Crippen molar-refractivity contribution in [2.45, 2.75) is 148 Å². The van der Waals surface area contributed by atoms with Gasteiger partial charge in [-0.2, -0.15) is 0 Å². The second-order valence-electron chi connectivity index (χ2n) is 24.8. The number of aliphatic hydroxyl groups is 1. The Morgan fingerprint density at radius 1 is 0.620 bits per heavy atom. The van der Waals surface area contributed by atoms with Crippen LogP contribution in [-0.2, 0) is 27.4 Å². The first-order chi connectivity index (χ1) is 44.7. The molecule has 2 unspecified atom stereocenters. The van der Waals surface area contributed by atoms with Crippen molar-refractivity contribution in [2.24, 2.45) is 5.92 Å². The zero-order valence-corrected chi connectivity index (χ0v) is 56.1. The fourth-order valence-corrected chi connectivity index (χ4v) is 13.5. The van der Waals surface area contributed by atoms with Crippen molar-refractivity contribution in [1.29, 1.82) is 0 Å². The first kappa shape index (κ1) is 68.7. The van der Waals surface area contributed by atoms with Gasteiger partial charge in [0.15, 0.2) is 5.16 Å². The number of fused-ring (bicyclic) bond motifs is 4. The van der Waals surface area contributed by atoms with Crippen LogP contribution in [0.5, 0.6) is 0 Å². The number of carbonyl (C=O) groups excluding carboxylic acids is 2. The molecule has 0 saturated carbocycles. The molecule has 3 fully saturated rings. The maximum Gasteiger partial charge on any atom is 0.262 e. The Balaban J connectivity index is 0.000000198. The highest BCUT2D eigenvalue weighted by Gasteiger charge is 2.32. The first-order valence-corrected chi connectivity index (χ1v) is 34.6. The van der Waals surface area contributed by atoms with Crippen LogP contribution in [0.1, 0.15) is 145 Å². The molecule has 3 aliphatic rings. The minimum absolute atomic E-state index is 0.0470. The molecule has 6 aromatic carbocycles. The van der Waals surface area contributed by atoms with Crippen LogP contribution in [0.2, 0.25) is 0 Å². The van der Waals surface area contributed by atoms with Gasteiger partial charge in [-0.15, -0.1) is 0 Å². The number of rotatable bonds is 20. The van der Waals surface area contributed by atoms with Crippen LogP contribution in [0.3, 0.4) is 0 Å². The van der Waals surface area contributed by atoms with Gasteiger partial charge in [-0.1, -0.05) is 148 Å². The van der Waals surface area contributed by atoms with Gasteiger partial charge in [0.1, 0.15) is 17.7 Å². The number of unbranched alkanes of at least 4 members (excludes halogenated alkanes) is 3. The molecule has 484 valence electrons. The predicted molar refractivity (Wildman–Crippen MR) is 376 cm³/mol. The molecule has 14 nitrogen and oxygen atoms in total. The molecule has 8 aromatic rings. The van der Waals surface area contributed by atoms with E-state index < -0.39 is 5.25 Å². The Labute approximate surface area is 548 Å². The Hall–Kier alpha value is -7.63. The number of likely N-dealkylation sites (tertiary alicyclic amines) is 2. The number of aromatic nitrogens is 4. The van der Waals surface area contributed by atoms with E-state index in [1.165, 1.54) is 63.7 Å². The number of ether oxygens (including phenoxy) is 1. The van der Waals surface area contributed by atoms with Gasteiger partial charge in [0.2, 0.25) is 11.8 Å². The van der Waals surface area contributed by atoms with Crippen LogP contribution >= 0.6 is 11.8 Å². The lowest BCUT2D eigenvalue weighted by molar-refractivity contribution is -0.132. The summed E-state index contributed by atoms with van der Waals surface area (Å²) < 4.78 is 9.27. The maximum absolute atomic E-state index is 14.1. The SMILES string of the molecule is CCC(C)CC#Cc1cccc([C@@H](C)C(=O)N2CCC(O)C2)c1.CCCCCN1CCN(CCCCOCC#Cc2cccc([C@@H](Sc3nc4cc5ccccc5cc4c(=O)n3CC)C(=O)N3CCCC3)c2)CC1.CCn1c(C)nc2cc3ccccc3cc2c1=O. The summed E-state index contributed by atoms with van der Waals surface area (Å²) in [6, 6.07) is 39.7. The van der Waals surface area contributed by atoms with Crippen LogP contribution in [-0.4, -0.2) is 140 Å². The Morgan fingerprint density at radius 3 is 1.75 bits per heavy atom. The van der Waals surface area contributed by atoms with E-state index in [0.717, 1.165) is 113 Å². The molecule has 0 aliphatic carbocycles. The molecule has 0 spiro atoms. The Bertz CT molecular complexity index is 4050. The monoisotopic (exact) mass is 1260 g/mol. The van der Waals surface area contributed by atoms with Gasteiger partial charge in [-0.05, 0) is 166 Å². The number of β-amino-alcohol motifs (C(OH)–C–C–N with tert-alkyl or cyclic N) is 1. The molecule has 3 saturated heterocycles. The summed E-state index contributed by atoms with van der Waals surface area (Å²) >= 11 is 1.37. The molecule has 5 heterocycles. The van der Waals surface area contributed by atoms with Gasteiger partial charge in [0.05, 0.1) is 33.8 Å². The van der Waals surface area contributed by atoms with E-state index in [1.807, 2.05) is 154 Å². The second kappa shape index (κ2) is 34.3. The number of benzene rings is 6. The minimum Gasteiger partial charge on any atom is -0.391 e. The molecule has 2 amide bonds. The summed E-state index contributed by atoms with van der Waals surface area (Å²) in [7, 11) is 0. The summed E-state index contributed by atoms with van der Waals surface area (Å²) in [5.74, 6) is 14.2. The first-order valence-electron chi connectivity index (χ1n) is 33.7. The van der Waals surface area contributed by atoms with E-state index in [9.17, 15) is 24.3 Å². The molecule has 0 radical (unpaired) electrons. The van der Waals surface area contributed by atoms with E-state index in [4.69, 9.17) is 9.72 Å². The Kier molecular flexibility index (Phi) is 25.6. The number of hydrogen-bond acceptors (Lipinski definition) is 11. The quantitative estimate of drug-likeness (QED) is 0.0256. The lowest BCUT2D eigenvalue weighted by Crippen LogP contribution is -2.46. The highest BCUT2D eigenvalue weighted by atomic mass is 32.2. The number of amides is 2. The van der Waals surface area contributed by atoms with Gasteiger partial charge >= 0.3 is 0 Å². The van der Waals surface area contributed by atoms with Gasteiger partial charge in [-0.25, -0.2) is 9.97 Å². The van der Waals surface area contributed by atoms with Crippen molar-refractivity contribution in [2.75, 3.05) is 78.7 Å². The third kappa shape index (κ3) is 18.4. The van der Waals surface area contributed by atoms with Gasteiger partial charge in [0.25, 0.3) is 11.1 Å². The number of aryl methyl sites for hydroxylation is 1. The zero-order valence-electron chi connectivity index (χ0n) is 55.3. The second-order valence-corrected chi connectivity index (χ2v) is 25.9. The van der Waals surface area contributed by atoms with Crippen LogP contribution in [0.25, 0.3) is 43.4 Å². The normalized spacial score (nSPS) is 16.1. The van der Waals surface area contributed by atoms with Crippen molar-refractivity contribution in [3.8, 4) is 23.7 Å². The van der Waals surface area contributed by atoms with Crippen molar-refractivity contribution in [3.05, 3.63) is 170 Å². The van der Waals surface area contributed by atoms with Gasteiger partial charge in [-0.3, -0.25) is 28.3 Å². The molecule has 4 atom stereocenters. The van der Waals surface area contributed by atoms with Crippen molar-refractivity contribution >= 4 is 66.9 Å². The van der Waals surface area contributed by atoms with Crippen LogP contribution < -0.4 is 11.1 Å². The summed E-state index contributed by atoms with van der Waals surface area (Å²) in [6.45, 7) is 26.3. The third-order valence-corrected chi connectivity index (χ3v) is 19.3. The lowest BCUT2D eigenvalue weighted by atomic mass is 9.97. The van der Waals surface area contributed by atoms with Crippen LogP contribution in [0.15, 0.2) is 136 Å². The van der Waals surface area contributed by atoms with Crippen molar-refractivity contribution in [3.63, 3.8) is 0 Å². The molecule has 92 heavy (non-hydrogen) atoms. The number of nitrogens with zero attached hydrogens (tertiary/aromatic N) is 8. The molecule has 2 aromatic heterocycles. The van der Waals surface area contributed by atoms with Crippen LogP contribution in [0, 0.1) is 36.5 Å². The Morgan fingerprint density at radius 2 is 1.17 bits per heavy atom. The third-order valence-electron chi connectivity index (χ3n) is 18.1. The highest BCUT2D eigenvalue weighted by Crippen LogP contribution is 2.38. The van der Waals surface area contributed by atoms with Crippen molar-refractivity contribution < 1.29 is 19.4 Å². The topological polar surface area (TPSA) is 146 Å². The number of hydrogen-bond donors (Lipinski definition) is 1. The van der Waals surface area contributed by atoms with Crippen molar-refractivity contribution in [1.82, 2.24) is 38.7 Å². The summed E-state index contributed by atoms with van der Waals surface area (Å²) in [4.78, 5) is 71.1. The maximum atomic E-state index is 14.1. The van der Waals surface area contributed by atoms with E-state index in [2.05, 4.69) is 59.2 Å². The van der Waals surface area contributed by atoms with E-state index in [1.54, 1.807) is 14.0 Å². The largest absolute Gasteiger partial charge is 0.391 e. The predicted octanol–water partition coefficient (Wildman–Crippen LogP) is 13.0. The molecule has 0 bridgehead atoms. The lowest BCUT2D eigenvalue weighted by Gasteiger charge is -2.34. The summed E-state index contributed by atoms with van der Waals surface area (Å²) in [6.07, 6.45) is 10.5. The van der Waals surface area contributed by atoms with Gasteiger partial charge < -0.3 is 29.4 Å². The molecule has 15 heteroatoms. The average Bonchev–Trinajstić information content (AvgIpc) is 0.901. The molecular formula is C77H94N8O6S. The summed E-state index contributed by atoms with van der Waals surface area (Å²) in [5, 5.41) is 15.1. The van der Waals surface area contributed by atoms with Crippen LogP contribution in [0.4, 0.5) is 0 Å². The smallest absolute Gasteiger partial charge is 0.262 e. The average molecular weight is 1260 g/mol. The fourth-order valence-electron chi connectivity index (χ4n) is 12.2. The number of carbonyl (C=O) groups is 2. The molecule has 3 aliphatic heterocycles. The number of aliphatic hydroxyl groups excluding tert-OH is 1. The van der Waals surface area contributed by atoms with Gasteiger partial charge in [0, 0.05) is 89.6 Å². The van der Waals surface area contributed by atoms with E-state index in [0.29, 0.717) is 73.2 Å². The molecular weight excluding hydrogens is 1160 g/mol. The fraction of sp³-hybridized carbons (Fsp3) is 0.455. The van der Waals surface area contributed by atoms with E-state index in [-0.39, 0.29) is 35.0 Å². The molecule has 11 rings (SSSR count). The number of thioether (sulfide) groups is 1. The zero-order chi connectivity index (χ0) is 64.9. The number of piperazine rings is 1. The standard InChI is InChI=1S/C42H53N5O3S.C20H27NO2.C15H14N2O/c1-3-5-8-20-44-24-26-45(27-25-44)21-11-12-28-50-29-14-16-33-15-13-19-36(30-33)39(41(49)46-22-9-10-23-46)51-42-43-38-32-35-18-7-6-17-34(35)31-37(38)40(48)47(42)4-2;1-4-15(2)7-5-8-17-9-6-10-18(13-17)16(3)20(23)21-12-11-19(22)14-21;1-3-17-10(2)16-14-9-12-7-5-4-6-11(12)8-13(14)15(17)18/h6-7,13,15,17-19,30-32,39H,3-5,8-12,20-29H2,1-2H3;6,9-10,13,15-16,19,22H,4,7,11-12,14H2,1-3H3;4-9H,3H2,1-2H3/t39-;15?,16-,19?;/m11./s1. The molecule has 1 N–H and O–H groups in total. The summed E-state index contributed by atoms with van der Waals surface area (Å²) in [5.41, 5.74) is 5.05. The highest BCUT2D eigenvalue weighted by molar-refractivity contribution is 8.00.